The largest absolute Gasteiger partial charge is 0.493 e. The quantitative estimate of drug-likeness (QED) is 0.740. The van der Waals surface area contributed by atoms with E-state index in [1.807, 2.05) is 0 Å². The number of quaternary nitrogens is 2. The number of ether oxygens (including phenoxy) is 3. The van der Waals surface area contributed by atoms with Crippen molar-refractivity contribution in [1.82, 2.24) is 0 Å². The second-order valence-corrected chi connectivity index (χ2v) is 7.82. The lowest BCUT2D eigenvalue weighted by molar-refractivity contribution is -1.02. The Bertz CT molecular complexity index is 773. The van der Waals surface area contributed by atoms with Crippen molar-refractivity contribution in [2.75, 3.05) is 47.5 Å². The first kappa shape index (κ1) is 20.5. The van der Waals surface area contributed by atoms with Crippen molar-refractivity contribution in [3.8, 4) is 17.2 Å². The van der Waals surface area contributed by atoms with Crippen LogP contribution in [-0.4, -0.2) is 47.5 Å². The maximum atomic E-state index is 5.49. The van der Waals surface area contributed by atoms with Crippen LogP contribution in [0.3, 0.4) is 0 Å². The number of hydrogen-bond acceptors (Lipinski definition) is 3. The minimum atomic E-state index is 0.659. The minimum Gasteiger partial charge on any atom is -0.493 e. The van der Waals surface area contributed by atoms with E-state index in [9.17, 15) is 0 Å². The van der Waals surface area contributed by atoms with Crippen LogP contribution in [0.1, 0.15) is 22.3 Å². The Morgan fingerprint density at radius 2 is 1.32 bits per heavy atom. The third-order valence-corrected chi connectivity index (χ3v) is 5.78. The first-order chi connectivity index (χ1) is 13.5. The normalized spacial score (nSPS) is 19.3. The molecule has 2 aromatic carbocycles. The standard InChI is InChI=1S/C23H32N2O3/c1-17-6-7-20(18(2)12-17)16-25-10-8-24(9-11-25)15-19-13-21(26-3)23(28-5)22(14-19)27-4/h6-7,12-14H,8-11,15-16H2,1-5H3/p+2. The lowest BCUT2D eigenvalue weighted by Gasteiger charge is -2.30. The van der Waals surface area contributed by atoms with Gasteiger partial charge in [-0.05, 0) is 31.5 Å². The molecule has 3 rings (SSSR count). The number of piperazine rings is 1. The van der Waals surface area contributed by atoms with Crippen LogP contribution in [-0.2, 0) is 13.1 Å². The van der Waals surface area contributed by atoms with E-state index in [0.29, 0.717) is 5.75 Å². The van der Waals surface area contributed by atoms with Gasteiger partial charge >= 0.3 is 0 Å². The predicted molar refractivity (Wildman–Crippen MR) is 111 cm³/mol. The molecule has 0 spiro atoms. The van der Waals surface area contributed by atoms with Gasteiger partial charge in [0, 0.05) is 11.1 Å². The van der Waals surface area contributed by atoms with Crippen molar-refractivity contribution in [3.63, 3.8) is 0 Å². The summed E-state index contributed by atoms with van der Waals surface area (Å²) >= 11 is 0. The summed E-state index contributed by atoms with van der Waals surface area (Å²) in [5.74, 6) is 2.12. The molecule has 1 aliphatic heterocycles. The van der Waals surface area contributed by atoms with E-state index in [4.69, 9.17) is 14.2 Å². The van der Waals surface area contributed by atoms with Crippen molar-refractivity contribution in [1.29, 1.82) is 0 Å². The van der Waals surface area contributed by atoms with Crippen LogP contribution < -0.4 is 24.0 Å². The summed E-state index contributed by atoms with van der Waals surface area (Å²) in [6, 6.07) is 11.0. The van der Waals surface area contributed by atoms with Crippen LogP contribution in [0, 0.1) is 13.8 Å². The molecule has 152 valence electrons. The number of aryl methyl sites for hydroxylation is 2. The van der Waals surface area contributed by atoms with Crippen LogP contribution in [0.15, 0.2) is 30.3 Å². The first-order valence-corrected chi connectivity index (χ1v) is 10.1. The number of hydrogen-bond donors (Lipinski definition) is 2. The predicted octanol–water partition coefficient (Wildman–Crippen LogP) is 0.813. The number of methoxy groups -OCH3 is 3. The van der Waals surface area contributed by atoms with Crippen molar-refractivity contribution in [2.24, 2.45) is 0 Å². The summed E-state index contributed by atoms with van der Waals surface area (Å²) in [6.07, 6.45) is 0. The molecule has 2 N–H and O–H groups in total. The van der Waals surface area contributed by atoms with E-state index < -0.39 is 0 Å². The number of nitrogens with one attached hydrogen (secondary N) is 2. The van der Waals surface area contributed by atoms with Gasteiger partial charge in [-0.1, -0.05) is 23.8 Å². The van der Waals surface area contributed by atoms with Crippen molar-refractivity contribution < 1.29 is 24.0 Å². The van der Waals surface area contributed by atoms with Gasteiger partial charge in [-0.3, -0.25) is 0 Å². The Balaban J connectivity index is 1.60. The molecule has 0 aromatic heterocycles. The van der Waals surface area contributed by atoms with Crippen LogP contribution in [0.4, 0.5) is 0 Å². The van der Waals surface area contributed by atoms with Gasteiger partial charge in [0.15, 0.2) is 11.5 Å². The second kappa shape index (κ2) is 9.30. The highest BCUT2D eigenvalue weighted by Crippen LogP contribution is 2.37. The fourth-order valence-electron chi connectivity index (χ4n) is 4.15. The molecule has 0 unspecified atom stereocenters. The maximum absolute atomic E-state index is 5.49. The Labute approximate surface area is 168 Å². The molecule has 28 heavy (non-hydrogen) atoms. The van der Waals surface area contributed by atoms with Crippen LogP contribution >= 0.6 is 0 Å². The molecule has 0 amide bonds. The Hall–Kier alpha value is -2.24. The average molecular weight is 387 g/mol. The van der Waals surface area contributed by atoms with E-state index in [-0.39, 0.29) is 0 Å². The van der Waals surface area contributed by atoms with Gasteiger partial charge in [0.05, 0.1) is 21.3 Å². The highest BCUT2D eigenvalue weighted by atomic mass is 16.5. The molecule has 1 heterocycles. The third kappa shape index (κ3) is 4.78. The Kier molecular flexibility index (Phi) is 6.81. The van der Waals surface area contributed by atoms with Crippen LogP contribution in [0.25, 0.3) is 0 Å². The SMILES string of the molecule is COc1cc(C[NH+]2CC[NH+](Cc3ccc(C)cc3C)CC2)cc(OC)c1OC. The fourth-order valence-corrected chi connectivity index (χ4v) is 4.15. The lowest BCUT2D eigenvalue weighted by atomic mass is 10.0. The average Bonchev–Trinajstić information content (AvgIpc) is 2.70. The summed E-state index contributed by atoms with van der Waals surface area (Å²) in [5.41, 5.74) is 5.46. The third-order valence-electron chi connectivity index (χ3n) is 5.78. The summed E-state index contributed by atoms with van der Waals surface area (Å²) in [4.78, 5) is 3.29. The summed E-state index contributed by atoms with van der Waals surface area (Å²) in [5, 5.41) is 0. The van der Waals surface area contributed by atoms with Crippen LogP contribution in [0.2, 0.25) is 0 Å². The Morgan fingerprint density at radius 3 is 1.82 bits per heavy atom. The van der Waals surface area contributed by atoms with Crippen molar-refractivity contribution in [2.45, 2.75) is 26.9 Å². The zero-order valence-corrected chi connectivity index (χ0v) is 17.9. The van der Waals surface area contributed by atoms with Crippen LogP contribution in [0.5, 0.6) is 17.2 Å². The van der Waals surface area contributed by atoms with E-state index in [1.165, 1.54) is 48.4 Å². The maximum Gasteiger partial charge on any atom is 0.203 e. The van der Waals surface area contributed by atoms with Gasteiger partial charge in [0.1, 0.15) is 39.3 Å². The molecule has 1 fully saturated rings. The molecule has 1 aliphatic rings. The molecule has 1 saturated heterocycles. The molecule has 5 heteroatoms. The van der Waals surface area contributed by atoms with Gasteiger partial charge in [0.2, 0.25) is 5.75 Å². The molecule has 0 saturated carbocycles. The zero-order valence-electron chi connectivity index (χ0n) is 17.9. The van der Waals surface area contributed by atoms with Gasteiger partial charge in [-0.2, -0.15) is 0 Å². The molecule has 0 aliphatic carbocycles. The van der Waals surface area contributed by atoms with Gasteiger partial charge in [0.25, 0.3) is 0 Å². The number of benzene rings is 2. The van der Waals surface area contributed by atoms with E-state index in [2.05, 4.69) is 44.2 Å². The highest BCUT2D eigenvalue weighted by molar-refractivity contribution is 5.53. The topological polar surface area (TPSA) is 36.6 Å². The van der Waals surface area contributed by atoms with E-state index >= 15 is 0 Å². The Morgan fingerprint density at radius 1 is 0.750 bits per heavy atom. The molecule has 0 atom stereocenters. The van der Waals surface area contributed by atoms with Gasteiger partial charge in [-0.25, -0.2) is 0 Å². The summed E-state index contributed by atoms with van der Waals surface area (Å²) in [7, 11) is 4.98. The number of rotatable bonds is 7. The summed E-state index contributed by atoms with van der Waals surface area (Å²) < 4.78 is 16.4. The smallest absolute Gasteiger partial charge is 0.203 e. The van der Waals surface area contributed by atoms with E-state index in [1.54, 1.807) is 31.1 Å². The van der Waals surface area contributed by atoms with E-state index in [0.717, 1.165) is 24.6 Å². The monoisotopic (exact) mass is 386 g/mol. The van der Waals surface area contributed by atoms with Crippen molar-refractivity contribution in [3.05, 3.63) is 52.6 Å². The molecule has 5 nitrogen and oxygen atoms in total. The highest BCUT2D eigenvalue weighted by Gasteiger charge is 2.24. The molecular formula is C23H34N2O3+2. The first-order valence-electron chi connectivity index (χ1n) is 10.1. The zero-order chi connectivity index (χ0) is 20.1. The molecule has 2 aromatic rings. The second-order valence-electron chi connectivity index (χ2n) is 7.82. The minimum absolute atomic E-state index is 0.659. The lowest BCUT2D eigenvalue weighted by Crippen LogP contribution is -3.27. The van der Waals surface area contributed by atoms with Gasteiger partial charge in [-0.15, -0.1) is 0 Å². The summed E-state index contributed by atoms with van der Waals surface area (Å²) in [6.45, 7) is 11.3. The molecule has 0 radical (unpaired) electrons. The molecule has 0 bridgehead atoms. The van der Waals surface area contributed by atoms with Gasteiger partial charge < -0.3 is 24.0 Å². The molecular weight excluding hydrogens is 352 g/mol. The fraction of sp³-hybridized carbons (Fsp3) is 0.478. The van der Waals surface area contributed by atoms with Crippen molar-refractivity contribution >= 4 is 0 Å².